The molecule has 2 heterocycles. The average molecular weight is 925 g/mol. The van der Waals surface area contributed by atoms with E-state index in [2.05, 4.69) is 145 Å². The monoisotopic (exact) mass is 925 g/mol. The third-order valence-corrected chi connectivity index (χ3v) is 13.3. The van der Waals surface area contributed by atoms with E-state index in [1.54, 1.807) is 12.7 Å². The average Bonchev–Trinajstić information content (AvgIpc) is 3.88. The largest absolute Gasteiger partial charge is 0.505 e. The van der Waals surface area contributed by atoms with Gasteiger partial charge in [-0.3, -0.25) is 9.13 Å². The van der Waals surface area contributed by atoms with Gasteiger partial charge in [0.2, 0.25) is 0 Å². The van der Waals surface area contributed by atoms with Crippen LogP contribution in [0.2, 0.25) is 0 Å². The van der Waals surface area contributed by atoms with Crippen LogP contribution >= 0.6 is 0 Å². The van der Waals surface area contributed by atoms with E-state index >= 15 is 0 Å². The normalized spacial score (nSPS) is 13.5. The molecule has 0 aliphatic rings. The van der Waals surface area contributed by atoms with E-state index in [4.69, 9.17) is 19.4 Å². The van der Waals surface area contributed by atoms with Crippen molar-refractivity contribution in [1.29, 1.82) is 0 Å². The fraction of sp³-hybridized carbons (Fsp3) is 0.377. The van der Waals surface area contributed by atoms with E-state index in [0.29, 0.717) is 40.4 Å². The zero-order valence-electron chi connectivity index (χ0n) is 43.3. The number of phenols is 2. The summed E-state index contributed by atoms with van der Waals surface area (Å²) in [6.45, 7) is 31.1. The van der Waals surface area contributed by atoms with E-state index in [9.17, 15) is 10.2 Å². The van der Waals surface area contributed by atoms with Crippen LogP contribution in [0.25, 0.3) is 55.7 Å². The van der Waals surface area contributed by atoms with Gasteiger partial charge in [0, 0.05) is 28.7 Å². The molecule has 2 aromatic heterocycles. The summed E-state index contributed by atoms with van der Waals surface area (Å²) in [5.74, 6) is 1.69. The maximum absolute atomic E-state index is 12.4. The molecule has 69 heavy (non-hydrogen) atoms. The van der Waals surface area contributed by atoms with Crippen molar-refractivity contribution in [2.75, 3.05) is 0 Å². The SMILES string of the molecule is Cc1ccc(O[C@H](C)C[C@H](C)Oc2ccc(C)cc2-c2cc(C(C)(C)CC(C)(C)C)cc(-n3cnc4ccccc43)c2O)c(-c2cc(C(C)(C)CC(C)(C)C)cc(-n3cnc4ccccc43)c2O)c1. The van der Waals surface area contributed by atoms with Gasteiger partial charge in [0.05, 0.1) is 45.6 Å². The van der Waals surface area contributed by atoms with Crippen molar-refractivity contribution in [2.24, 2.45) is 10.8 Å². The molecule has 0 aliphatic heterocycles. The summed E-state index contributed by atoms with van der Waals surface area (Å²) in [5, 5.41) is 24.8. The topological polar surface area (TPSA) is 94.6 Å². The van der Waals surface area contributed by atoms with Gasteiger partial charge in [0.25, 0.3) is 0 Å². The molecular formula is C61H72N4O4. The molecule has 0 unspecified atom stereocenters. The van der Waals surface area contributed by atoms with Crippen LogP contribution in [-0.4, -0.2) is 41.5 Å². The van der Waals surface area contributed by atoms with E-state index in [1.807, 2.05) is 69.8 Å². The second-order valence-electron chi connectivity index (χ2n) is 23.3. The molecule has 6 aromatic carbocycles. The highest BCUT2D eigenvalue weighted by Crippen LogP contribution is 2.48. The highest BCUT2D eigenvalue weighted by molar-refractivity contribution is 5.85. The Labute approximate surface area is 410 Å². The van der Waals surface area contributed by atoms with E-state index in [0.717, 1.165) is 68.3 Å². The lowest BCUT2D eigenvalue weighted by molar-refractivity contribution is 0.131. The Balaban J connectivity index is 1.14. The highest BCUT2D eigenvalue weighted by atomic mass is 16.5. The maximum atomic E-state index is 12.4. The molecule has 8 aromatic rings. The first-order valence-electron chi connectivity index (χ1n) is 24.5. The summed E-state index contributed by atoms with van der Waals surface area (Å²) < 4.78 is 17.8. The summed E-state index contributed by atoms with van der Waals surface area (Å²) in [7, 11) is 0. The van der Waals surface area contributed by atoms with Crippen molar-refractivity contribution < 1.29 is 19.7 Å². The van der Waals surface area contributed by atoms with Crippen molar-refractivity contribution in [1.82, 2.24) is 19.1 Å². The van der Waals surface area contributed by atoms with Gasteiger partial charge in [-0.2, -0.15) is 0 Å². The van der Waals surface area contributed by atoms with Crippen LogP contribution in [0.1, 0.15) is 125 Å². The summed E-state index contributed by atoms with van der Waals surface area (Å²) in [5.41, 5.74) is 12.0. The number of phenolic OH excluding ortho intramolecular Hbond substituents is 2. The van der Waals surface area contributed by atoms with Gasteiger partial charge in [-0.05, 0) is 146 Å². The lowest BCUT2D eigenvalue weighted by atomic mass is 9.71. The fourth-order valence-electron chi connectivity index (χ4n) is 10.9. The van der Waals surface area contributed by atoms with Crippen molar-refractivity contribution in [2.45, 2.75) is 139 Å². The molecule has 8 nitrogen and oxygen atoms in total. The molecular weight excluding hydrogens is 853 g/mol. The molecule has 0 bridgehead atoms. The minimum Gasteiger partial charge on any atom is -0.505 e. The first kappa shape index (κ1) is 48.9. The Morgan fingerprint density at radius 2 is 0.870 bits per heavy atom. The number of benzene rings is 6. The molecule has 360 valence electrons. The molecule has 0 saturated heterocycles. The zero-order chi connectivity index (χ0) is 49.8. The molecule has 0 radical (unpaired) electrons. The summed E-state index contributed by atoms with van der Waals surface area (Å²) >= 11 is 0. The Morgan fingerprint density at radius 1 is 0.493 bits per heavy atom. The molecule has 0 aliphatic carbocycles. The molecule has 2 N–H and O–H groups in total. The smallest absolute Gasteiger partial charge is 0.147 e. The summed E-state index contributed by atoms with van der Waals surface area (Å²) in [6.07, 6.45) is 5.49. The molecule has 8 rings (SSSR count). The van der Waals surface area contributed by atoms with Crippen molar-refractivity contribution >= 4 is 22.1 Å². The van der Waals surface area contributed by atoms with Gasteiger partial charge in [-0.1, -0.05) is 117 Å². The maximum Gasteiger partial charge on any atom is 0.147 e. The Bertz CT molecular complexity index is 2950. The number of aromatic nitrogens is 4. The molecule has 0 saturated carbocycles. The number of aryl methyl sites for hydroxylation is 2. The van der Waals surface area contributed by atoms with Gasteiger partial charge in [0.1, 0.15) is 35.7 Å². The number of nitrogens with zero attached hydrogens (tertiary/aromatic N) is 4. The van der Waals surface area contributed by atoms with Gasteiger partial charge in [-0.15, -0.1) is 0 Å². The van der Waals surface area contributed by atoms with E-state index in [1.165, 1.54) is 0 Å². The van der Waals surface area contributed by atoms with E-state index < -0.39 is 0 Å². The van der Waals surface area contributed by atoms with Crippen molar-refractivity contribution in [3.63, 3.8) is 0 Å². The first-order valence-corrected chi connectivity index (χ1v) is 24.5. The molecule has 0 amide bonds. The fourth-order valence-corrected chi connectivity index (χ4v) is 10.9. The number of aromatic hydroxyl groups is 2. The summed E-state index contributed by atoms with van der Waals surface area (Å²) in [6, 6.07) is 36.9. The zero-order valence-corrected chi connectivity index (χ0v) is 43.3. The number of ether oxygens (including phenoxy) is 2. The lowest BCUT2D eigenvalue weighted by Crippen LogP contribution is -2.25. The minimum atomic E-state index is -0.272. The van der Waals surface area contributed by atoms with Crippen LogP contribution < -0.4 is 9.47 Å². The van der Waals surface area contributed by atoms with Gasteiger partial charge in [-0.25, -0.2) is 9.97 Å². The summed E-state index contributed by atoms with van der Waals surface area (Å²) in [4.78, 5) is 9.40. The number of fused-ring (bicyclic) bond motifs is 2. The van der Waals surface area contributed by atoms with Crippen LogP contribution in [0.5, 0.6) is 23.0 Å². The van der Waals surface area contributed by atoms with Crippen molar-refractivity contribution in [3.05, 3.63) is 144 Å². The number of hydrogen-bond donors (Lipinski definition) is 2. The minimum absolute atomic E-state index is 0.0702. The number of rotatable bonds is 14. The standard InChI is InChI=1S/C61H72N4O4/c1-38-23-25-54(44(27-38)46-30-42(60(11,12)34-58(5,6)7)32-52(56(46)66)64-36-62-48-19-15-17-21-50(48)64)68-40(3)29-41(4)69-55-26-24-39(2)28-45(55)47-31-43(61(13,14)35-59(8,9)10)33-53(57(47)67)65-37-63-49-20-16-18-22-51(49)65/h15-28,30-33,36-37,40-41,66-67H,29,34-35H2,1-14H3/t40-,41+. The van der Waals surface area contributed by atoms with Gasteiger partial charge >= 0.3 is 0 Å². The highest BCUT2D eigenvalue weighted by Gasteiger charge is 2.32. The van der Waals surface area contributed by atoms with Crippen LogP contribution in [0.3, 0.4) is 0 Å². The van der Waals surface area contributed by atoms with Crippen LogP contribution in [0, 0.1) is 24.7 Å². The lowest BCUT2D eigenvalue weighted by Gasteiger charge is -2.34. The Kier molecular flexibility index (Phi) is 13.0. The third-order valence-electron chi connectivity index (χ3n) is 13.3. The number of para-hydroxylation sites is 4. The van der Waals surface area contributed by atoms with Crippen LogP contribution in [-0.2, 0) is 10.8 Å². The van der Waals surface area contributed by atoms with Crippen LogP contribution in [0.15, 0.2) is 122 Å². The second-order valence-corrected chi connectivity index (χ2v) is 23.3. The van der Waals surface area contributed by atoms with Gasteiger partial charge in [0.15, 0.2) is 0 Å². The first-order chi connectivity index (χ1) is 32.4. The second kappa shape index (κ2) is 18.4. The predicted octanol–water partition coefficient (Wildman–Crippen LogP) is 15.8. The molecule has 0 fully saturated rings. The third kappa shape index (κ3) is 10.6. The number of imidazole rings is 2. The Hall–Kier alpha value is -6.54. The Morgan fingerprint density at radius 3 is 1.25 bits per heavy atom. The quantitative estimate of drug-likeness (QED) is 0.113. The van der Waals surface area contributed by atoms with Crippen molar-refractivity contribution in [3.8, 4) is 56.6 Å². The van der Waals surface area contributed by atoms with Crippen LogP contribution in [0.4, 0.5) is 0 Å². The van der Waals surface area contributed by atoms with Gasteiger partial charge < -0.3 is 19.7 Å². The molecule has 0 spiro atoms. The molecule has 2 atom stereocenters. The molecule has 8 heteroatoms. The number of hydrogen-bond acceptors (Lipinski definition) is 6. The predicted molar refractivity (Wildman–Crippen MR) is 285 cm³/mol. The van der Waals surface area contributed by atoms with E-state index in [-0.39, 0.29) is 45.4 Å².